The second-order valence-electron chi connectivity index (χ2n) is 7.50. The monoisotopic (exact) mass is 400 g/mol. The lowest BCUT2D eigenvalue weighted by atomic mass is 10.00. The number of fused-ring (bicyclic) bond motifs is 1. The van der Waals surface area contributed by atoms with Crippen LogP contribution in [-0.4, -0.2) is 50.1 Å². The van der Waals surface area contributed by atoms with Gasteiger partial charge < -0.3 is 15.1 Å². The highest BCUT2D eigenvalue weighted by Gasteiger charge is 2.25. The molecule has 0 unspecified atom stereocenters. The molecule has 1 aliphatic rings. The Morgan fingerprint density at radius 2 is 1.73 bits per heavy atom. The number of β-amino-alcohol motifs (C(OH)–C–C–N with tert-alkyl or cyclic N) is 1. The molecular formula is C23H20N4O3. The molecular weight excluding hydrogens is 380 g/mol. The van der Waals surface area contributed by atoms with E-state index in [2.05, 4.69) is 15.0 Å². The van der Waals surface area contributed by atoms with E-state index in [1.165, 1.54) is 0 Å². The molecule has 0 aliphatic carbocycles. The molecule has 4 aromatic rings. The van der Waals surface area contributed by atoms with E-state index < -0.39 is 5.97 Å². The number of carboxylic acid groups (broad SMARTS) is 1. The molecule has 0 bridgehead atoms. The average Bonchev–Trinajstić information content (AvgIpc) is 3.08. The third-order valence-electron chi connectivity index (χ3n) is 5.44. The summed E-state index contributed by atoms with van der Waals surface area (Å²) in [7, 11) is 0. The number of hydrogen-bond acceptors (Lipinski definition) is 5. The predicted octanol–water partition coefficient (Wildman–Crippen LogP) is 3.28. The highest BCUT2D eigenvalue weighted by Crippen LogP contribution is 2.33. The summed E-state index contributed by atoms with van der Waals surface area (Å²) in [6.07, 6.45) is -0.269. The van der Waals surface area contributed by atoms with Crippen molar-refractivity contribution in [2.45, 2.75) is 13.0 Å². The first-order chi connectivity index (χ1) is 14.5. The van der Waals surface area contributed by atoms with Gasteiger partial charge in [0.25, 0.3) is 0 Å². The van der Waals surface area contributed by atoms with E-state index >= 15 is 0 Å². The van der Waals surface area contributed by atoms with E-state index in [9.17, 15) is 15.0 Å². The fourth-order valence-corrected chi connectivity index (χ4v) is 3.89. The first kappa shape index (κ1) is 18.3. The number of aromatic carboxylic acids is 1. The first-order valence-electron chi connectivity index (χ1n) is 9.74. The van der Waals surface area contributed by atoms with Crippen LogP contribution in [0.3, 0.4) is 0 Å². The van der Waals surface area contributed by atoms with Crippen molar-refractivity contribution in [2.75, 3.05) is 18.0 Å². The van der Waals surface area contributed by atoms with E-state index in [-0.39, 0.29) is 11.8 Å². The zero-order valence-electron chi connectivity index (χ0n) is 16.4. The van der Waals surface area contributed by atoms with Crippen LogP contribution in [0.2, 0.25) is 0 Å². The van der Waals surface area contributed by atoms with Gasteiger partial charge in [0.1, 0.15) is 0 Å². The van der Waals surface area contributed by atoms with E-state index in [0.717, 1.165) is 33.6 Å². The molecule has 1 saturated heterocycles. The van der Waals surface area contributed by atoms with Crippen molar-refractivity contribution in [1.82, 2.24) is 14.8 Å². The highest BCUT2D eigenvalue weighted by atomic mass is 16.4. The molecule has 0 saturated carbocycles. The van der Waals surface area contributed by atoms with Crippen molar-refractivity contribution in [3.05, 3.63) is 72.1 Å². The van der Waals surface area contributed by atoms with Crippen LogP contribution >= 0.6 is 0 Å². The van der Waals surface area contributed by atoms with Gasteiger partial charge in [-0.2, -0.15) is 5.10 Å². The minimum atomic E-state index is -1.08. The van der Waals surface area contributed by atoms with Gasteiger partial charge in [-0.3, -0.25) is 0 Å². The van der Waals surface area contributed by atoms with Gasteiger partial charge in [0.05, 0.1) is 22.9 Å². The zero-order chi connectivity index (χ0) is 20.8. The maximum Gasteiger partial charge on any atom is 0.354 e. The maximum absolute atomic E-state index is 11.8. The number of carbonyl (C=O) groups is 1. The SMILES string of the molecule is Cc1nn(-c2ccccc2)c2nc(C(=O)O)cc(-c3ccc(N4CC(O)C4)cc3)c12. The summed E-state index contributed by atoms with van der Waals surface area (Å²) in [5.74, 6) is -1.08. The van der Waals surface area contributed by atoms with Gasteiger partial charge in [-0.05, 0) is 48.4 Å². The number of anilines is 1. The number of para-hydroxylation sites is 1. The van der Waals surface area contributed by atoms with Crippen molar-refractivity contribution in [1.29, 1.82) is 0 Å². The second-order valence-corrected chi connectivity index (χ2v) is 7.50. The smallest absolute Gasteiger partial charge is 0.354 e. The lowest BCUT2D eigenvalue weighted by molar-refractivity contribution is 0.0691. The van der Waals surface area contributed by atoms with E-state index in [0.29, 0.717) is 18.7 Å². The fraction of sp³-hybridized carbons (Fsp3) is 0.174. The Labute approximate surface area is 172 Å². The summed E-state index contributed by atoms with van der Waals surface area (Å²) in [6.45, 7) is 3.17. The van der Waals surface area contributed by atoms with Gasteiger partial charge in [0, 0.05) is 18.8 Å². The molecule has 7 heteroatoms. The highest BCUT2D eigenvalue weighted by molar-refractivity contribution is 6.00. The average molecular weight is 400 g/mol. The molecule has 0 radical (unpaired) electrons. The van der Waals surface area contributed by atoms with Gasteiger partial charge in [-0.15, -0.1) is 0 Å². The third kappa shape index (κ3) is 3.00. The van der Waals surface area contributed by atoms with Crippen LogP contribution in [0.4, 0.5) is 5.69 Å². The molecule has 30 heavy (non-hydrogen) atoms. The van der Waals surface area contributed by atoms with Gasteiger partial charge in [0.2, 0.25) is 0 Å². The van der Waals surface area contributed by atoms with E-state index in [1.54, 1.807) is 10.7 Å². The van der Waals surface area contributed by atoms with Crippen LogP contribution in [0.25, 0.3) is 27.8 Å². The number of aryl methyl sites for hydroxylation is 1. The molecule has 1 fully saturated rings. The van der Waals surface area contributed by atoms with Crippen molar-refractivity contribution in [3.8, 4) is 16.8 Å². The molecule has 3 heterocycles. The Hall–Kier alpha value is -3.71. The van der Waals surface area contributed by atoms with Crippen molar-refractivity contribution in [3.63, 3.8) is 0 Å². The summed E-state index contributed by atoms with van der Waals surface area (Å²) in [5, 5.41) is 24.6. The molecule has 7 nitrogen and oxygen atoms in total. The minimum Gasteiger partial charge on any atom is -0.477 e. The molecule has 0 atom stereocenters. The summed E-state index contributed by atoms with van der Waals surface area (Å²) in [4.78, 5) is 18.3. The number of nitrogens with zero attached hydrogens (tertiary/aromatic N) is 4. The maximum atomic E-state index is 11.8. The van der Waals surface area contributed by atoms with Crippen LogP contribution in [0.15, 0.2) is 60.7 Å². The Balaban J connectivity index is 1.68. The summed E-state index contributed by atoms with van der Waals surface area (Å²) < 4.78 is 1.69. The van der Waals surface area contributed by atoms with E-state index in [4.69, 9.17) is 0 Å². The minimum absolute atomic E-state index is 0.0236. The van der Waals surface area contributed by atoms with Crippen LogP contribution in [-0.2, 0) is 0 Å². The van der Waals surface area contributed by atoms with Crippen LogP contribution < -0.4 is 4.90 Å². The molecule has 2 N–H and O–H groups in total. The molecule has 2 aromatic heterocycles. The zero-order valence-corrected chi connectivity index (χ0v) is 16.4. The first-order valence-corrected chi connectivity index (χ1v) is 9.74. The second kappa shape index (κ2) is 6.96. The summed E-state index contributed by atoms with van der Waals surface area (Å²) in [5.41, 5.74) is 4.81. The number of pyridine rings is 1. The van der Waals surface area contributed by atoms with Gasteiger partial charge >= 0.3 is 5.97 Å². The van der Waals surface area contributed by atoms with Gasteiger partial charge in [-0.1, -0.05) is 30.3 Å². The normalized spacial score (nSPS) is 14.1. The quantitative estimate of drug-likeness (QED) is 0.546. The number of aliphatic hydroxyl groups excluding tert-OH is 1. The van der Waals surface area contributed by atoms with Crippen LogP contribution in [0.5, 0.6) is 0 Å². The topological polar surface area (TPSA) is 91.5 Å². The largest absolute Gasteiger partial charge is 0.477 e. The number of benzene rings is 2. The van der Waals surface area contributed by atoms with E-state index in [1.807, 2.05) is 61.5 Å². The predicted molar refractivity (Wildman–Crippen MR) is 114 cm³/mol. The Morgan fingerprint density at radius 3 is 2.37 bits per heavy atom. The Kier molecular flexibility index (Phi) is 4.25. The van der Waals surface area contributed by atoms with Gasteiger partial charge in [-0.25, -0.2) is 14.5 Å². The van der Waals surface area contributed by atoms with Crippen molar-refractivity contribution in [2.24, 2.45) is 0 Å². The number of aromatic nitrogens is 3. The van der Waals surface area contributed by atoms with Crippen LogP contribution in [0, 0.1) is 6.92 Å². The fourth-order valence-electron chi connectivity index (χ4n) is 3.89. The van der Waals surface area contributed by atoms with Crippen molar-refractivity contribution >= 4 is 22.7 Å². The number of carboxylic acids is 1. The summed E-state index contributed by atoms with van der Waals surface area (Å²) >= 11 is 0. The number of aliphatic hydroxyl groups is 1. The lowest BCUT2D eigenvalue weighted by Gasteiger charge is -2.37. The Morgan fingerprint density at radius 1 is 1.03 bits per heavy atom. The van der Waals surface area contributed by atoms with Gasteiger partial charge in [0.15, 0.2) is 11.3 Å². The molecule has 0 spiro atoms. The standard InChI is InChI=1S/C23H20N4O3/c1-14-21-19(15-7-9-16(10-8-15)26-12-18(28)13-26)11-20(23(29)30)24-22(21)27(25-14)17-5-3-2-4-6-17/h2-11,18,28H,12-13H2,1H3,(H,29,30). The number of hydrogen-bond donors (Lipinski definition) is 2. The Bertz CT molecular complexity index is 1240. The third-order valence-corrected chi connectivity index (χ3v) is 5.44. The molecule has 5 rings (SSSR count). The van der Waals surface area contributed by atoms with Crippen molar-refractivity contribution < 1.29 is 15.0 Å². The molecule has 150 valence electrons. The molecule has 0 amide bonds. The molecule has 1 aliphatic heterocycles. The van der Waals surface area contributed by atoms with Crippen LogP contribution in [0.1, 0.15) is 16.2 Å². The molecule has 2 aromatic carbocycles. The summed E-state index contributed by atoms with van der Waals surface area (Å²) in [6, 6.07) is 19.1. The lowest BCUT2D eigenvalue weighted by Crippen LogP contribution is -2.50. The number of rotatable bonds is 4.